The Morgan fingerprint density at radius 2 is 2.18 bits per heavy atom. The van der Waals surface area contributed by atoms with Gasteiger partial charge in [0.25, 0.3) is 0 Å². The zero-order valence-corrected chi connectivity index (χ0v) is 11.0. The Balaban J connectivity index is 2.33. The highest BCUT2D eigenvalue weighted by Crippen LogP contribution is 2.25. The third kappa shape index (κ3) is 2.38. The average Bonchev–Trinajstić information content (AvgIpc) is 2.58. The summed E-state index contributed by atoms with van der Waals surface area (Å²) in [5, 5.41) is 0. The summed E-state index contributed by atoms with van der Waals surface area (Å²) in [6.07, 6.45) is 1.70. The summed E-state index contributed by atoms with van der Waals surface area (Å²) < 4.78 is 31.5. The molecule has 0 saturated carbocycles. The van der Waals surface area contributed by atoms with Gasteiger partial charge >= 0.3 is 0 Å². The van der Waals surface area contributed by atoms with E-state index >= 15 is 0 Å². The predicted molar refractivity (Wildman–Crippen MR) is 64.2 cm³/mol. The minimum absolute atomic E-state index is 0.0631. The molecular weight excluding hydrogens is 240 g/mol. The first-order chi connectivity index (χ1) is 7.91. The number of piperidine rings is 1. The van der Waals surface area contributed by atoms with Gasteiger partial charge in [0.05, 0.1) is 0 Å². The Morgan fingerprint density at radius 1 is 1.47 bits per heavy atom. The van der Waals surface area contributed by atoms with E-state index in [-0.39, 0.29) is 10.9 Å². The Kier molecular flexibility index (Phi) is 3.29. The zero-order chi connectivity index (χ0) is 12.6. The first-order valence-electron chi connectivity index (χ1n) is 5.74. The van der Waals surface area contributed by atoms with Crippen LogP contribution in [0.1, 0.15) is 24.4 Å². The summed E-state index contributed by atoms with van der Waals surface area (Å²) in [5.74, 6) is 1.06. The van der Waals surface area contributed by atoms with Crippen molar-refractivity contribution < 1.29 is 12.8 Å². The first kappa shape index (κ1) is 12.6. The van der Waals surface area contributed by atoms with Crippen molar-refractivity contribution in [2.45, 2.75) is 37.6 Å². The van der Waals surface area contributed by atoms with Crippen LogP contribution < -0.4 is 5.73 Å². The SMILES string of the molecule is Cc1cc(S(=O)(=O)N2CCCC(N)C2)c(C)o1. The number of furan rings is 1. The van der Waals surface area contributed by atoms with Crippen LogP contribution in [0.5, 0.6) is 0 Å². The number of hydrogen-bond donors (Lipinski definition) is 1. The molecule has 2 rings (SSSR count). The number of nitrogens with two attached hydrogens (primary N) is 1. The van der Waals surface area contributed by atoms with Crippen molar-refractivity contribution in [3.8, 4) is 0 Å². The van der Waals surface area contributed by atoms with Gasteiger partial charge in [0.1, 0.15) is 16.4 Å². The van der Waals surface area contributed by atoms with E-state index in [0.717, 1.165) is 12.8 Å². The molecule has 5 nitrogen and oxygen atoms in total. The predicted octanol–water partition coefficient (Wildman–Crippen LogP) is 1.01. The Bertz CT molecular complexity index is 507. The van der Waals surface area contributed by atoms with E-state index in [1.165, 1.54) is 4.31 Å². The molecule has 1 atom stereocenters. The molecule has 1 aromatic heterocycles. The van der Waals surface area contributed by atoms with Crippen molar-refractivity contribution in [2.24, 2.45) is 5.73 Å². The highest BCUT2D eigenvalue weighted by atomic mass is 32.2. The fourth-order valence-corrected chi connectivity index (χ4v) is 3.95. The monoisotopic (exact) mass is 258 g/mol. The minimum atomic E-state index is -3.45. The number of nitrogens with zero attached hydrogens (tertiary/aromatic N) is 1. The van der Waals surface area contributed by atoms with Gasteiger partial charge < -0.3 is 10.2 Å². The molecule has 6 heteroatoms. The second-order valence-electron chi connectivity index (χ2n) is 4.54. The average molecular weight is 258 g/mol. The van der Waals surface area contributed by atoms with E-state index in [4.69, 9.17) is 10.2 Å². The van der Waals surface area contributed by atoms with Gasteiger partial charge in [-0.25, -0.2) is 8.42 Å². The molecule has 0 radical (unpaired) electrons. The molecule has 0 spiro atoms. The van der Waals surface area contributed by atoms with Gasteiger partial charge in [0.15, 0.2) is 0 Å². The van der Waals surface area contributed by atoms with Crippen molar-refractivity contribution in [1.29, 1.82) is 0 Å². The Labute approximate surface area is 102 Å². The van der Waals surface area contributed by atoms with Crippen molar-refractivity contribution >= 4 is 10.0 Å². The summed E-state index contributed by atoms with van der Waals surface area (Å²) in [4.78, 5) is 0.268. The lowest BCUT2D eigenvalue weighted by atomic mass is 10.1. The number of rotatable bonds is 2. The van der Waals surface area contributed by atoms with Crippen LogP contribution in [0.2, 0.25) is 0 Å². The van der Waals surface area contributed by atoms with Crippen molar-refractivity contribution in [3.63, 3.8) is 0 Å². The van der Waals surface area contributed by atoms with Gasteiger partial charge in [-0.05, 0) is 32.8 Å². The molecule has 0 aromatic carbocycles. The van der Waals surface area contributed by atoms with Crippen LogP contribution in [0.25, 0.3) is 0 Å². The summed E-state index contributed by atoms with van der Waals surface area (Å²) in [6.45, 7) is 4.35. The van der Waals surface area contributed by atoms with Gasteiger partial charge in [0.2, 0.25) is 10.0 Å². The molecule has 2 N–H and O–H groups in total. The molecule has 1 aromatic rings. The van der Waals surface area contributed by atoms with Gasteiger partial charge in [-0.1, -0.05) is 0 Å². The molecule has 17 heavy (non-hydrogen) atoms. The molecular formula is C11H18N2O3S. The molecule has 2 heterocycles. The second-order valence-corrected chi connectivity index (χ2v) is 6.45. The number of hydrogen-bond acceptors (Lipinski definition) is 4. The zero-order valence-electron chi connectivity index (χ0n) is 10.1. The Morgan fingerprint density at radius 3 is 2.71 bits per heavy atom. The number of aryl methyl sites for hydroxylation is 2. The fourth-order valence-electron chi connectivity index (χ4n) is 2.19. The van der Waals surface area contributed by atoms with E-state index in [1.807, 2.05) is 0 Å². The lowest BCUT2D eigenvalue weighted by molar-refractivity contribution is 0.315. The highest BCUT2D eigenvalue weighted by molar-refractivity contribution is 7.89. The van der Waals surface area contributed by atoms with E-state index in [2.05, 4.69) is 0 Å². The summed E-state index contributed by atoms with van der Waals surface area (Å²) in [5.41, 5.74) is 5.81. The van der Waals surface area contributed by atoms with Crippen LogP contribution in [0, 0.1) is 13.8 Å². The largest absolute Gasteiger partial charge is 0.465 e. The van der Waals surface area contributed by atoms with Crippen LogP contribution in [-0.2, 0) is 10.0 Å². The third-order valence-electron chi connectivity index (χ3n) is 3.03. The van der Waals surface area contributed by atoms with Gasteiger partial charge in [-0.2, -0.15) is 4.31 Å². The van der Waals surface area contributed by atoms with Gasteiger partial charge in [-0.15, -0.1) is 0 Å². The van der Waals surface area contributed by atoms with E-state index in [0.29, 0.717) is 24.6 Å². The van der Waals surface area contributed by atoms with Crippen LogP contribution in [0.15, 0.2) is 15.4 Å². The minimum Gasteiger partial charge on any atom is -0.465 e. The maximum atomic E-state index is 12.4. The summed E-state index contributed by atoms with van der Waals surface area (Å²) in [6, 6.07) is 1.51. The molecule has 0 aliphatic carbocycles. The normalized spacial score (nSPS) is 22.9. The standard InChI is InChI=1S/C11H18N2O3S/c1-8-6-11(9(2)16-8)17(14,15)13-5-3-4-10(12)7-13/h6,10H,3-5,7,12H2,1-2H3. The van der Waals surface area contributed by atoms with Crippen LogP contribution in [0.4, 0.5) is 0 Å². The Hall–Kier alpha value is -0.850. The topological polar surface area (TPSA) is 76.5 Å². The van der Waals surface area contributed by atoms with E-state index < -0.39 is 10.0 Å². The van der Waals surface area contributed by atoms with Gasteiger partial charge in [0, 0.05) is 19.1 Å². The molecule has 0 bridgehead atoms. The highest BCUT2D eigenvalue weighted by Gasteiger charge is 2.31. The second kappa shape index (κ2) is 4.44. The quantitative estimate of drug-likeness (QED) is 0.859. The van der Waals surface area contributed by atoms with Crippen LogP contribution >= 0.6 is 0 Å². The van der Waals surface area contributed by atoms with Crippen molar-refractivity contribution in [3.05, 3.63) is 17.6 Å². The van der Waals surface area contributed by atoms with Crippen molar-refractivity contribution in [2.75, 3.05) is 13.1 Å². The molecule has 0 amide bonds. The lowest BCUT2D eigenvalue weighted by Gasteiger charge is -2.29. The first-order valence-corrected chi connectivity index (χ1v) is 7.18. The lowest BCUT2D eigenvalue weighted by Crippen LogP contribution is -2.45. The van der Waals surface area contributed by atoms with Crippen LogP contribution in [-0.4, -0.2) is 31.9 Å². The van der Waals surface area contributed by atoms with E-state index in [1.54, 1.807) is 19.9 Å². The molecule has 96 valence electrons. The van der Waals surface area contributed by atoms with Crippen molar-refractivity contribution in [1.82, 2.24) is 4.31 Å². The van der Waals surface area contributed by atoms with Gasteiger partial charge in [-0.3, -0.25) is 0 Å². The summed E-state index contributed by atoms with van der Waals surface area (Å²) >= 11 is 0. The maximum Gasteiger partial charge on any atom is 0.246 e. The molecule has 1 saturated heterocycles. The molecule has 1 aliphatic heterocycles. The van der Waals surface area contributed by atoms with Crippen LogP contribution in [0.3, 0.4) is 0 Å². The molecule has 1 unspecified atom stereocenters. The fraction of sp³-hybridized carbons (Fsp3) is 0.636. The van der Waals surface area contributed by atoms with E-state index in [9.17, 15) is 8.42 Å². The maximum absolute atomic E-state index is 12.4. The molecule has 1 fully saturated rings. The number of sulfonamides is 1. The summed E-state index contributed by atoms with van der Waals surface area (Å²) in [7, 11) is -3.45. The third-order valence-corrected chi connectivity index (χ3v) is 5.01. The smallest absolute Gasteiger partial charge is 0.246 e. The molecule has 1 aliphatic rings.